The van der Waals surface area contributed by atoms with E-state index in [0.717, 1.165) is 5.56 Å². The molecule has 2 N–H and O–H groups in total. The fraction of sp³-hybridized carbons (Fsp3) is 0.500. The normalized spacial score (nSPS) is 10.7. The molecule has 1 aromatic rings. The van der Waals surface area contributed by atoms with Crippen molar-refractivity contribution in [3.05, 3.63) is 35.9 Å². The maximum absolute atomic E-state index is 11.6. The van der Waals surface area contributed by atoms with Crippen LogP contribution in [0, 0.1) is 0 Å². The molecule has 1 rings (SSSR count). The number of hydrogen-bond donors (Lipinski definition) is 2. The molecule has 3 amide bonds. The van der Waals surface area contributed by atoms with Crippen LogP contribution in [0.2, 0.25) is 0 Å². The second-order valence-corrected chi connectivity index (χ2v) is 6.50. The van der Waals surface area contributed by atoms with E-state index in [9.17, 15) is 14.4 Å². The zero-order valence-electron chi connectivity index (χ0n) is 15.0. The average molecular weight is 350 g/mol. The number of nitrogens with one attached hydrogen (secondary N) is 2. The molecule has 0 spiro atoms. The summed E-state index contributed by atoms with van der Waals surface area (Å²) in [5, 5.41) is 4.78. The van der Waals surface area contributed by atoms with Gasteiger partial charge < -0.3 is 14.8 Å². The molecule has 1 aromatic carbocycles. The van der Waals surface area contributed by atoms with E-state index in [1.807, 2.05) is 30.3 Å². The van der Waals surface area contributed by atoms with E-state index in [0.29, 0.717) is 19.4 Å². The van der Waals surface area contributed by atoms with Gasteiger partial charge in [0.2, 0.25) is 5.91 Å². The van der Waals surface area contributed by atoms with Crippen LogP contribution in [0.5, 0.6) is 0 Å². The first-order valence-electron chi connectivity index (χ1n) is 8.23. The van der Waals surface area contributed by atoms with Crippen molar-refractivity contribution in [2.75, 3.05) is 6.54 Å². The van der Waals surface area contributed by atoms with E-state index >= 15 is 0 Å². The number of alkyl carbamates (subject to hydrolysis) is 2. The van der Waals surface area contributed by atoms with Crippen LogP contribution < -0.4 is 10.6 Å². The van der Waals surface area contributed by atoms with Crippen molar-refractivity contribution in [3.63, 3.8) is 0 Å². The standard InChI is InChI=1S/C18H26N2O5/c1-18(2,3)25-16(22)19-12-8-7-11-15(21)20-17(23)24-13-14-9-5-4-6-10-14/h4-6,9-10H,7-8,11-13H2,1-3H3,(H,19,22)(H,20,21,23). The fourth-order valence-corrected chi connectivity index (χ4v) is 1.85. The van der Waals surface area contributed by atoms with Crippen LogP contribution in [0.3, 0.4) is 0 Å². The topological polar surface area (TPSA) is 93.7 Å². The van der Waals surface area contributed by atoms with Crippen molar-refractivity contribution in [2.45, 2.75) is 52.2 Å². The Morgan fingerprint density at radius 3 is 2.32 bits per heavy atom. The van der Waals surface area contributed by atoms with Gasteiger partial charge in [-0.05, 0) is 39.2 Å². The van der Waals surface area contributed by atoms with Gasteiger partial charge in [0.05, 0.1) is 0 Å². The molecule has 7 heteroatoms. The zero-order valence-corrected chi connectivity index (χ0v) is 15.0. The third kappa shape index (κ3) is 10.8. The molecule has 138 valence electrons. The van der Waals surface area contributed by atoms with Crippen LogP contribution in [-0.4, -0.2) is 30.2 Å². The van der Waals surface area contributed by atoms with Gasteiger partial charge in [-0.25, -0.2) is 9.59 Å². The minimum Gasteiger partial charge on any atom is -0.444 e. The zero-order chi connectivity index (χ0) is 18.7. The molecule has 0 saturated carbocycles. The van der Waals surface area contributed by atoms with E-state index in [1.165, 1.54) is 0 Å². The smallest absolute Gasteiger partial charge is 0.414 e. The lowest BCUT2D eigenvalue weighted by Crippen LogP contribution is -2.33. The fourth-order valence-electron chi connectivity index (χ4n) is 1.85. The number of rotatable bonds is 7. The number of imide groups is 1. The summed E-state index contributed by atoms with van der Waals surface area (Å²) in [6.45, 7) is 5.87. The number of hydrogen-bond acceptors (Lipinski definition) is 5. The number of unbranched alkanes of at least 4 members (excludes halogenated alkanes) is 1. The van der Waals surface area contributed by atoms with Crippen molar-refractivity contribution in [1.29, 1.82) is 0 Å². The van der Waals surface area contributed by atoms with Gasteiger partial charge in [-0.2, -0.15) is 0 Å². The molecule has 0 bridgehead atoms. The quantitative estimate of drug-likeness (QED) is 0.737. The summed E-state index contributed by atoms with van der Waals surface area (Å²) in [6.07, 6.45) is 0.0672. The monoisotopic (exact) mass is 350 g/mol. The van der Waals surface area contributed by atoms with Crippen LogP contribution in [0.25, 0.3) is 0 Å². The molecule has 0 aromatic heterocycles. The summed E-state index contributed by atoms with van der Waals surface area (Å²) in [5.41, 5.74) is 0.308. The Hall–Kier alpha value is -2.57. The Labute approximate surface area is 148 Å². The summed E-state index contributed by atoms with van der Waals surface area (Å²) in [5.74, 6) is -0.407. The van der Waals surface area contributed by atoms with Crippen LogP contribution in [0.1, 0.15) is 45.6 Å². The molecule has 0 aliphatic heterocycles. The van der Waals surface area contributed by atoms with Gasteiger partial charge >= 0.3 is 12.2 Å². The van der Waals surface area contributed by atoms with Crippen molar-refractivity contribution in [2.24, 2.45) is 0 Å². The first kappa shape index (κ1) is 20.5. The first-order valence-corrected chi connectivity index (χ1v) is 8.23. The van der Waals surface area contributed by atoms with Gasteiger partial charge in [0.1, 0.15) is 12.2 Å². The Kier molecular flexibility index (Phi) is 8.46. The average Bonchev–Trinajstić information content (AvgIpc) is 2.52. The van der Waals surface area contributed by atoms with Crippen molar-refractivity contribution >= 4 is 18.1 Å². The Morgan fingerprint density at radius 2 is 1.68 bits per heavy atom. The molecule has 0 fully saturated rings. The summed E-state index contributed by atoms with van der Waals surface area (Å²) in [7, 11) is 0. The number of carbonyl (C=O) groups is 3. The Bertz CT molecular complexity index is 567. The highest BCUT2D eigenvalue weighted by Crippen LogP contribution is 2.06. The highest BCUT2D eigenvalue weighted by atomic mass is 16.6. The summed E-state index contributed by atoms with van der Waals surface area (Å²) >= 11 is 0. The van der Waals surface area contributed by atoms with E-state index < -0.39 is 23.7 Å². The maximum atomic E-state index is 11.6. The van der Waals surface area contributed by atoms with E-state index in [2.05, 4.69) is 10.6 Å². The minimum atomic E-state index is -0.763. The van der Waals surface area contributed by atoms with Crippen LogP contribution in [0.15, 0.2) is 30.3 Å². The third-order valence-corrected chi connectivity index (χ3v) is 2.95. The number of amides is 3. The summed E-state index contributed by atoms with van der Waals surface area (Å²) in [4.78, 5) is 34.6. The van der Waals surface area contributed by atoms with Gasteiger partial charge in [-0.1, -0.05) is 30.3 Å². The van der Waals surface area contributed by atoms with Gasteiger partial charge in [-0.3, -0.25) is 10.1 Å². The number of carbonyl (C=O) groups excluding carboxylic acids is 3. The minimum absolute atomic E-state index is 0.111. The van der Waals surface area contributed by atoms with E-state index in [-0.39, 0.29) is 13.0 Å². The van der Waals surface area contributed by atoms with Crippen molar-refractivity contribution < 1.29 is 23.9 Å². The number of benzene rings is 1. The van der Waals surface area contributed by atoms with Crippen molar-refractivity contribution in [3.8, 4) is 0 Å². The predicted octanol–water partition coefficient (Wildman–Crippen LogP) is 3.13. The molecular formula is C18H26N2O5. The van der Waals surface area contributed by atoms with Gasteiger partial charge in [0, 0.05) is 13.0 Å². The SMILES string of the molecule is CC(C)(C)OC(=O)NCCCCC(=O)NC(=O)OCc1ccccc1. The molecule has 7 nitrogen and oxygen atoms in total. The summed E-state index contributed by atoms with van der Waals surface area (Å²) < 4.78 is 10.1. The number of ether oxygens (including phenoxy) is 2. The third-order valence-electron chi connectivity index (χ3n) is 2.95. The second-order valence-electron chi connectivity index (χ2n) is 6.50. The van der Waals surface area contributed by atoms with E-state index in [4.69, 9.17) is 9.47 Å². The lowest BCUT2D eigenvalue weighted by Gasteiger charge is -2.19. The first-order chi connectivity index (χ1) is 11.8. The Balaban J connectivity index is 2.08. The molecule has 0 atom stereocenters. The predicted molar refractivity (Wildman–Crippen MR) is 92.9 cm³/mol. The Morgan fingerprint density at radius 1 is 1.00 bits per heavy atom. The molecule has 0 unspecified atom stereocenters. The van der Waals surface area contributed by atoms with E-state index in [1.54, 1.807) is 20.8 Å². The highest BCUT2D eigenvalue weighted by Gasteiger charge is 2.15. The largest absolute Gasteiger partial charge is 0.444 e. The van der Waals surface area contributed by atoms with Gasteiger partial charge in [0.15, 0.2) is 0 Å². The van der Waals surface area contributed by atoms with Gasteiger partial charge in [-0.15, -0.1) is 0 Å². The second kappa shape index (κ2) is 10.3. The molecule has 25 heavy (non-hydrogen) atoms. The molecule has 0 saturated heterocycles. The maximum Gasteiger partial charge on any atom is 0.414 e. The van der Waals surface area contributed by atoms with Crippen LogP contribution >= 0.6 is 0 Å². The van der Waals surface area contributed by atoms with Gasteiger partial charge in [0.25, 0.3) is 0 Å². The summed E-state index contributed by atoms with van der Waals surface area (Å²) in [6, 6.07) is 9.20. The molecule has 0 aliphatic carbocycles. The van der Waals surface area contributed by atoms with Crippen LogP contribution in [-0.2, 0) is 20.9 Å². The molecular weight excluding hydrogens is 324 g/mol. The lowest BCUT2D eigenvalue weighted by molar-refractivity contribution is -0.120. The molecule has 0 heterocycles. The van der Waals surface area contributed by atoms with Crippen molar-refractivity contribution in [1.82, 2.24) is 10.6 Å². The highest BCUT2D eigenvalue weighted by molar-refractivity contribution is 5.91. The molecule has 0 radical (unpaired) electrons. The van der Waals surface area contributed by atoms with Crippen LogP contribution in [0.4, 0.5) is 9.59 Å². The molecule has 0 aliphatic rings. The lowest BCUT2D eigenvalue weighted by atomic mass is 10.2.